The Balaban J connectivity index is 2.60. The van der Waals surface area contributed by atoms with Gasteiger partial charge in [0.05, 0.1) is 0 Å². The molecule has 0 spiro atoms. The summed E-state index contributed by atoms with van der Waals surface area (Å²) in [5.74, 6) is -0.308. The van der Waals surface area contributed by atoms with E-state index in [4.69, 9.17) is 0 Å². The van der Waals surface area contributed by atoms with Crippen LogP contribution in [0.5, 0.6) is 0 Å². The van der Waals surface area contributed by atoms with Crippen LogP contribution >= 0.6 is 0 Å². The molecule has 1 aromatic carbocycles. The molecule has 90 valence electrons. The Labute approximate surface area is 101 Å². The molecule has 1 heterocycles. The number of rotatable bonds is 2. The summed E-state index contributed by atoms with van der Waals surface area (Å²) in [5, 5.41) is 2.78. The third kappa shape index (κ3) is 1.37. The van der Waals surface area contributed by atoms with Crippen molar-refractivity contribution in [3.8, 4) is 0 Å². The van der Waals surface area contributed by atoms with Crippen LogP contribution in [0.25, 0.3) is 0 Å². The van der Waals surface area contributed by atoms with Crippen LogP contribution in [-0.2, 0) is 15.0 Å². The van der Waals surface area contributed by atoms with E-state index >= 15 is 0 Å². The van der Waals surface area contributed by atoms with Crippen molar-refractivity contribution in [1.82, 2.24) is 10.0 Å². The Kier molecular flexibility index (Phi) is 2.65. The molecular weight excluding hydrogens is 216 g/mol. The van der Waals surface area contributed by atoms with Gasteiger partial charge in [0.1, 0.15) is 0 Å². The summed E-state index contributed by atoms with van der Waals surface area (Å²) in [6.45, 7) is 1.87. The first kappa shape index (κ1) is 11.6. The van der Waals surface area contributed by atoms with Gasteiger partial charge >= 0.3 is 0 Å². The first-order valence-electron chi connectivity index (χ1n) is 5.67. The van der Waals surface area contributed by atoms with Crippen molar-refractivity contribution in [2.45, 2.75) is 18.8 Å². The summed E-state index contributed by atoms with van der Waals surface area (Å²) in [6.07, 6.45) is 0.476. The van der Waals surface area contributed by atoms with Gasteiger partial charge in [-0.1, -0.05) is 37.3 Å². The Morgan fingerprint density at radius 1 is 1.00 bits per heavy atom. The molecule has 1 aliphatic heterocycles. The van der Waals surface area contributed by atoms with Crippen molar-refractivity contribution in [3.05, 3.63) is 35.9 Å². The topological polar surface area (TPSA) is 40.6 Å². The normalized spacial score (nSPS) is 19.0. The second-order valence-electron chi connectivity index (χ2n) is 4.28. The van der Waals surface area contributed by atoms with Gasteiger partial charge in [-0.15, -0.1) is 0 Å². The SMILES string of the molecule is CCC1(c2ccccc2)C(=O)N(C)N(C)C1=O. The van der Waals surface area contributed by atoms with Gasteiger partial charge in [0.25, 0.3) is 11.8 Å². The van der Waals surface area contributed by atoms with E-state index in [-0.39, 0.29) is 11.8 Å². The largest absolute Gasteiger partial charge is 0.271 e. The molecule has 2 amide bonds. The van der Waals surface area contributed by atoms with E-state index in [1.54, 1.807) is 14.1 Å². The lowest BCUT2D eigenvalue weighted by Crippen LogP contribution is -2.40. The van der Waals surface area contributed by atoms with E-state index in [9.17, 15) is 9.59 Å². The molecule has 0 N–H and O–H groups in total. The van der Waals surface area contributed by atoms with Crippen LogP contribution in [0.2, 0.25) is 0 Å². The number of amides is 2. The number of carbonyl (C=O) groups is 2. The molecule has 4 nitrogen and oxygen atoms in total. The second-order valence-corrected chi connectivity index (χ2v) is 4.28. The Morgan fingerprint density at radius 2 is 1.47 bits per heavy atom. The third-order valence-corrected chi connectivity index (χ3v) is 3.56. The van der Waals surface area contributed by atoms with Gasteiger partial charge < -0.3 is 0 Å². The monoisotopic (exact) mass is 232 g/mol. The fraction of sp³-hybridized carbons (Fsp3) is 0.385. The summed E-state index contributed by atoms with van der Waals surface area (Å²) in [5.41, 5.74) is -0.265. The molecule has 1 saturated heterocycles. The van der Waals surface area contributed by atoms with Crippen molar-refractivity contribution < 1.29 is 9.59 Å². The molecule has 0 aromatic heterocycles. The molecule has 2 rings (SSSR count). The molecule has 4 heteroatoms. The number of hydrogen-bond donors (Lipinski definition) is 0. The van der Waals surface area contributed by atoms with Crippen LogP contribution in [0.4, 0.5) is 0 Å². The molecule has 0 aliphatic carbocycles. The van der Waals surface area contributed by atoms with E-state index in [2.05, 4.69) is 0 Å². The Bertz CT molecular complexity index is 436. The van der Waals surface area contributed by atoms with E-state index in [0.29, 0.717) is 6.42 Å². The zero-order chi connectivity index (χ0) is 12.6. The van der Waals surface area contributed by atoms with Crippen LogP contribution in [0, 0.1) is 0 Å². The molecule has 0 saturated carbocycles. The highest BCUT2D eigenvalue weighted by Gasteiger charge is 2.55. The molecule has 1 fully saturated rings. The predicted octanol–water partition coefficient (Wildman–Crippen LogP) is 1.18. The molecule has 1 aliphatic rings. The second kappa shape index (κ2) is 3.87. The van der Waals surface area contributed by atoms with Crippen molar-refractivity contribution in [3.63, 3.8) is 0 Å². The summed E-state index contributed by atoms with van der Waals surface area (Å²) >= 11 is 0. The third-order valence-electron chi connectivity index (χ3n) is 3.56. The Morgan fingerprint density at radius 3 is 1.88 bits per heavy atom. The zero-order valence-corrected chi connectivity index (χ0v) is 10.3. The van der Waals surface area contributed by atoms with Crippen molar-refractivity contribution in [2.75, 3.05) is 14.1 Å². The smallest absolute Gasteiger partial charge is 0.261 e. The minimum absolute atomic E-state index is 0.154. The predicted molar refractivity (Wildman–Crippen MR) is 64.0 cm³/mol. The lowest BCUT2D eigenvalue weighted by Gasteiger charge is -2.22. The van der Waals surface area contributed by atoms with Gasteiger partial charge in [-0.25, -0.2) is 0 Å². The van der Waals surface area contributed by atoms with Crippen LogP contribution in [-0.4, -0.2) is 35.9 Å². The van der Waals surface area contributed by atoms with Gasteiger partial charge in [0.2, 0.25) is 0 Å². The number of hydrazine groups is 1. The van der Waals surface area contributed by atoms with Gasteiger partial charge in [-0.2, -0.15) is 0 Å². The molecule has 0 radical (unpaired) electrons. The van der Waals surface area contributed by atoms with Crippen LogP contribution in [0.3, 0.4) is 0 Å². The average molecular weight is 232 g/mol. The molecule has 17 heavy (non-hydrogen) atoms. The standard InChI is InChI=1S/C13H16N2O2/c1-4-13(10-8-6-5-7-9-10)11(16)14(2)15(3)12(13)17/h5-9H,4H2,1-3H3. The molecule has 0 atom stereocenters. The van der Waals surface area contributed by atoms with E-state index < -0.39 is 5.41 Å². The van der Waals surface area contributed by atoms with Crippen molar-refractivity contribution >= 4 is 11.8 Å². The van der Waals surface area contributed by atoms with E-state index in [1.807, 2.05) is 37.3 Å². The summed E-state index contributed by atoms with van der Waals surface area (Å²) in [6, 6.07) is 9.26. The quantitative estimate of drug-likeness (QED) is 0.718. The van der Waals surface area contributed by atoms with Crippen molar-refractivity contribution in [1.29, 1.82) is 0 Å². The van der Waals surface area contributed by atoms with Crippen LogP contribution in [0.15, 0.2) is 30.3 Å². The Hall–Kier alpha value is -1.84. The fourth-order valence-corrected chi connectivity index (χ4v) is 2.39. The minimum Gasteiger partial charge on any atom is -0.271 e. The number of carbonyl (C=O) groups excluding carboxylic acids is 2. The van der Waals surface area contributed by atoms with Gasteiger partial charge in [-0.05, 0) is 12.0 Å². The van der Waals surface area contributed by atoms with Gasteiger partial charge in [-0.3, -0.25) is 19.6 Å². The fourth-order valence-electron chi connectivity index (χ4n) is 2.39. The number of nitrogens with zero attached hydrogens (tertiary/aromatic N) is 2. The summed E-state index contributed by atoms with van der Waals surface area (Å²) in [4.78, 5) is 24.7. The maximum absolute atomic E-state index is 12.3. The molecular formula is C13H16N2O2. The molecule has 0 bridgehead atoms. The lowest BCUT2D eigenvalue weighted by molar-refractivity contribution is -0.141. The highest BCUT2D eigenvalue weighted by atomic mass is 16.2. The zero-order valence-electron chi connectivity index (χ0n) is 10.3. The number of benzene rings is 1. The number of likely N-dealkylation sites (N-methyl/N-ethyl adjacent to an activating group) is 2. The summed E-state index contributed by atoms with van der Waals surface area (Å²) in [7, 11) is 3.25. The van der Waals surface area contributed by atoms with E-state index in [1.165, 1.54) is 10.0 Å². The van der Waals surface area contributed by atoms with E-state index in [0.717, 1.165) is 5.56 Å². The van der Waals surface area contributed by atoms with Crippen LogP contribution in [0.1, 0.15) is 18.9 Å². The number of hydrogen-bond acceptors (Lipinski definition) is 2. The molecule has 1 aromatic rings. The molecule has 0 unspecified atom stereocenters. The maximum atomic E-state index is 12.3. The minimum atomic E-state index is -1.04. The van der Waals surface area contributed by atoms with Crippen molar-refractivity contribution in [2.24, 2.45) is 0 Å². The van der Waals surface area contributed by atoms with Gasteiger partial charge in [0.15, 0.2) is 5.41 Å². The highest BCUT2D eigenvalue weighted by Crippen LogP contribution is 2.37. The first-order valence-corrected chi connectivity index (χ1v) is 5.67. The maximum Gasteiger partial charge on any atom is 0.261 e. The van der Waals surface area contributed by atoms with Crippen LogP contribution < -0.4 is 0 Å². The lowest BCUT2D eigenvalue weighted by atomic mass is 9.77. The summed E-state index contributed by atoms with van der Waals surface area (Å²) < 4.78 is 0. The van der Waals surface area contributed by atoms with Gasteiger partial charge in [0, 0.05) is 14.1 Å². The highest BCUT2D eigenvalue weighted by molar-refractivity contribution is 6.14. The average Bonchev–Trinajstić information content (AvgIpc) is 2.54. The first-order chi connectivity index (χ1) is 8.05.